The third kappa shape index (κ3) is 12.7. The molecular weight excluding hydrogens is 292 g/mol. The molecule has 4 heteroatoms. The molecule has 0 aliphatic carbocycles. The van der Waals surface area contributed by atoms with Gasteiger partial charge in [-0.15, -0.1) is 6.58 Å². The van der Waals surface area contributed by atoms with Crippen LogP contribution in [0.4, 0.5) is 0 Å². The van der Waals surface area contributed by atoms with Crippen LogP contribution < -0.4 is 0 Å². The van der Waals surface area contributed by atoms with Crippen molar-refractivity contribution >= 4 is 11.9 Å². The average molecular weight is 314 g/mol. The Balaban J connectivity index is 4.72. The summed E-state index contributed by atoms with van der Waals surface area (Å²) >= 11 is 0. The summed E-state index contributed by atoms with van der Waals surface area (Å²) in [6, 6.07) is 0. The van der Waals surface area contributed by atoms with Crippen LogP contribution in [-0.2, 0) is 19.1 Å². The Labute approximate surface area is 138 Å². The van der Waals surface area contributed by atoms with Crippen LogP contribution in [-0.4, -0.2) is 24.1 Å². The zero-order valence-corrected chi connectivity index (χ0v) is 13.6. The van der Waals surface area contributed by atoms with Gasteiger partial charge in [-0.05, 0) is 55.1 Å². The molecule has 0 bridgehead atoms. The smallest absolute Gasteiger partial charge is 0.304 e. The zero-order valence-electron chi connectivity index (χ0n) is 13.6. The van der Waals surface area contributed by atoms with E-state index in [1.807, 2.05) is 12.2 Å². The Morgan fingerprint density at radius 3 is 2.09 bits per heavy atom. The van der Waals surface area contributed by atoms with Gasteiger partial charge in [-0.2, -0.15) is 0 Å². The Hall–Kier alpha value is -2.72. The maximum atomic E-state index is 11.1. The zero-order chi connectivity index (χ0) is 17.5. The first-order valence-corrected chi connectivity index (χ1v) is 7.25. The van der Waals surface area contributed by atoms with Gasteiger partial charge < -0.3 is 9.47 Å². The third-order valence-corrected chi connectivity index (χ3v) is 2.38. The highest BCUT2D eigenvalue weighted by molar-refractivity contribution is 5.67. The fraction of sp³-hybridized carbons (Fsp3) is 0.368. The van der Waals surface area contributed by atoms with E-state index in [1.165, 1.54) is 19.9 Å². The van der Waals surface area contributed by atoms with E-state index in [0.717, 1.165) is 19.3 Å². The molecule has 0 aliphatic rings. The highest BCUT2D eigenvalue weighted by atomic mass is 16.5. The van der Waals surface area contributed by atoms with Crippen LogP contribution in [0.1, 0.15) is 33.1 Å². The van der Waals surface area contributed by atoms with E-state index in [9.17, 15) is 9.59 Å². The summed E-state index contributed by atoms with van der Waals surface area (Å²) in [4.78, 5) is 21.9. The van der Waals surface area contributed by atoms with Crippen molar-refractivity contribution in [2.45, 2.75) is 45.3 Å². The highest BCUT2D eigenvalue weighted by Crippen LogP contribution is 2.00. The third-order valence-electron chi connectivity index (χ3n) is 2.38. The lowest BCUT2D eigenvalue weighted by atomic mass is 10.2. The molecule has 0 saturated carbocycles. The standard InChI is InChI=1S/C19H22O4/c1-5-7-8-9-10-14-19(23-17(4)21)15-12-11-13-18(6-2)22-16(3)20/h5-6,10,14,18-19H,1-2,7-9H2,3-4H3/b14-10-/t18-,19+/m1/s1. The minimum Gasteiger partial charge on any atom is -0.445 e. The Kier molecular flexibility index (Phi) is 11.4. The second kappa shape index (κ2) is 13.0. The molecule has 2 atom stereocenters. The van der Waals surface area contributed by atoms with Crippen molar-refractivity contribution in [3.05, 3.63) is 37.5 Å². The molecule has 0 rings (SSSR count). The van der Waals surface area contributed by atoms with Crippen LogP contribution >= 0.6 is 0 Å². The van der Waals surface area contributed by atoms with Crippen LogP contribution in [0.2, 0.25) is 0 Å². The second-order valence-electron chi connectivity index (χ2n) is 4.48. The number of esters is 2. The molecule has 0 heterocycles. The fourth-order valence-corrected chi connectivity index (χ4v) is 1.43. The number of hydrogen-bond acceptors (Lipinski definition) is 4. The summed E-state index contributed by atoms with van der Waals surface area (Å²) in [6.07, 6.45) is 8.28. The maximum absolute atomic E-state index is 11.1. The number of carbonyl (C=O) groups is 2. The Morgan fingerprint density at radius 2 is 1.57 bits per heavy atom. The molecule has 0 saturated heterocycles. The molecule has 0 aliphatic heterocycles. The van der Waals surface area contributed by atoms with Crippen molar-refractivity contribution < 1.29 is 19.1 Å². The lowest BCUT2D eigenvalue weighted by Crippen LogP contribution is -2.11. The van der Waals surface area contributed by atoms with Gasteiger partial charge >= 0.3 is 11.9 Å². The van der Waals surface area contributed by atoms with Gasteiger partial charge in [-0.1, -0.05) is 18.7 Å². The van der Waals surface area contributed by atoms with E-state index in [-0.39, 0.29) is 0 Å². The Morgan fingerprint density at radius 1 is 1.00 bits per heavy atom. The van der Waals surface area contributed by atoms with Crippen molar-refractivity contribution in [1.82, 2.24) is 0 Å². The molecule has 0 spiro atoms. The lowest BCUT2D eigenvalue weighted by molar-refractivity contribution is -0.143. The molecule has 0 aromatic carbocycles. The number of hydrogen-bond donors (Lipinski definition) is 0. The van der Waals surface area contributed by atoms with Crippen molar-refractivity contribution in [2.24, 2.45) is 0 Å². The van der Waals surface area contributed by atoms with Crippen LogP contribution in [0.5, 0.6) is 0 Å². The number of carbonyl (C=O) groups excluding carboxylic acids is 2. The molecule has 0 fully saturated rings. The molecule has 23 heavy (non-hydrogen) atoms. The summed E-state index contributed by atoms with van der Waals surface area (Å²) < 4.78 is 9.93. The van der Waals surface area contributed by atoms with E-state index in [0.29, 0.717) is 0 Å². The molecule has 0 unspecified atom stereocenters. The average Bonchev–Trinajstić information content (AvgIpc) is 2.48. The summed E-state index contributed by atoms with van der Waals surface area (Å²) in [7, 11) is 0. The topological polar surface area (TPSA) is 52.6 Å². The summed E-state index contributed by atoms with van der Waals surface area (Å²) in [5.74, 6) is 9.64. The van der Waals surface area contributed by atoms with Crippen LogP contribution in [0.3, 0.4) is 0 Å². The molecule has 0 amide bonds. The predicted octanol–water partition coefficient (Wildman–Crippen LogP) is 2.96. The summed E-state index contributed by atoms with van der Waals surface area (Å²) in [6.45, 7) is 9.78. The summed E-state index contributed by atoms with van der Waals surface area (Å²) in [5, 5.41) is 0. The number of unbranched alkanes of at least 4 members (excludes halogenated alkanes) is 2. The molecular formula is C19H22O4. The van der Waals surface area contributed by atoms with Crippen molar-refractivity contribution in [3.8, 4) is 23.7 Å². The molecule has 4 nitrogen and oxygen atoms in total. The number of rotatable bonds is 8. The second-order valence-corrected chi connectivity index (χ2v) is 4.48. The molecule has 0 N–H and O–H groups in total. The number of ether oxygens (including phenoxy) is 2. The van der Waals surface area contributed by atoms with E-state index < -0.39 is 24.1 Å². The van der Waals surface area contributed by atoms with Crippen LogP contribution in [0, 0.1) is 23.7 Å². The predicted molar refractivity (Wildman–Crippen MR) is 90.0 cm³/mol. The van der Waals surface area contributed by atoms with E-state index in [1.54, 1.807) is 6.08 Å². The molecule has 0 radical (unpaired) electrons. The van der Waals surface area contributed by atoms with Crippen LogP contribution in [0.25, 0.3) is 0 Å². The van der Waals surface area contributed by atoms with Gasteiger partial charge in [-0.3, -0.25) is 9.59 Å². The van der Waals surface area contributed by atoms with Gasteiger partial charge in [-0.25, -0.2) is 0 Å². The minimum absolute atomic E-state index is 0.420. The minimum atomic E-state index is -0.705. The normalized spacial score (nSPS) is 11.9. The maximum Gasteiger partial charge on any atom is 0.304 e. The summed E-state index contributed by atoms with van der Waals surface area (Å²) in [5.41, 5.74) is 0. The largest absolute Gasteiger partial charge is 0.445 e. The van der Waals surface area contributed by atoms with E-state index >= 15 is 0 Å². The lowest BCUT2D eigenvalue weighted by Gasteiger charge is -2.05. The van der Waals surface area contributed by atoms with Gasteiger partial charge in [0.2, 0.25) is 0 Å². The highest BCUT2D eigenvalue weighted by Gasteiger charge is 2.03. The molecule has 0 aromatic heterocycles. The first kappa shape index (κ1) is 20.3. The monoisotopic (exact) mass is 314 g/mol. The fourth-order valence-electron chi connectivity index (χ4n) is 1.43. The van der Waals surface area contributed by atoms with Gasteiger partial charge in [0.15, 0.2) is 12.2 Å². The van der Waals surface area contributed by atoms with Crippen molar-refractivity contribution in [2.75, 3.05) is 0 Å². The van der Waals surface area contributed by atoms with Crippen molar-refractivity contribution in [3.63, 3.8) is 0 Å². The van der Waals surface area contributed by atoms with E-state index in [4.69, 9.17) is 9.47 Å². The SMILES string of the molecule is C=CCCC/C=C\[C@@H](C#CC#C[C@@H](C=C)OC(C)=O)OC(C)=O. The molecule has 122 valence electrons. The molecule has 0 aromatic rings. The first-order valence-electron chi connectivity index (χ1n) is 7.25. The van der Waals surface area contributed by atoms with Gasteiger partial charge in [0.25, 0.3) is 0 Å². The van der Waals surface area contributed by atoms with Gasteiger partial charge in [0.1, 0.15) is 0 Å². The quantitative estimate of drug-likeness (QED) is 0.299. The number of allylic oxidation sites excluding steroid dienone is 2. The van der Waals surface area contributed by atoms with Crippen molar-refractivity contribution in [1.29, 1.82) is 0 Å². The first-order chi connectivity index (χ1) is 11.0. The van der Waals surface area contributed by atoms with Gasteiger partial charge in [0.05, 0.1) is 0 Å². The van der Waals surface area contributed by atoms with E-state index in [2.05, 4.69) is 36.8 Å². The van der Waals surface area contributed by atoms with Gasteiger partial charge in [0, 0.05) is 13.8 Å². The Bertz CT molecular complexity index is 564. The van der Waals surface area contributed by atoms with Crippen LogP contribution in [0.15, 0.2) is 37.5 Å².